The number of nitrogen functional groups attached to an aromatic ring is 1. The summed E-state index contributed by atoms with van der Waals surface area (Å²) in [5.74, 6) is -3.99. The van der Waals surface area contributed by atoms with Gasteiger partial charge < -0.3 is 16.4 Å². The number of halogens is 3. The Balaban J connectivity index is 1.27. The van der Waals surface area contributed by atoms with Crippen molar-refractivity contribution in [2.45, 2.75) is 13.1 Å². The van der Waals surface area contributed by atoms with Crippen LogP contribution in [0, 0.1) is 17.5 Å². The second kappa shape index (κ2) is 10.2. The summed E-state index contributed by atoms with van der Waals surface area (Å²) in [6.07, 6.45) is 2.97. The number of nitrogens with two attached hydrogens (primary N) is 1. The third kappa shape index (κ3) is 5.07. The van der Waals surface area contributed by atoms with Crippen LogP contribution < -0.4 is 16.4 Å². The monoisotopic (exact) mass is 520 g/mol. The van der Waals surface area contributed by atoms with Crippen LogP contribution in [0.1, 0.15) is 20.8 Å². The van der Waals surface area contributed by atoms with E-state index in [1.54, 1.807) is 23.5 Å². The third-order valence-corrected chi connectivity index (χ3v) is 6.78. The number of anilines is 2. The lowest BCUT2D eigenvalue weighted by Gasteiger charge is -2.11. The Morgan fingerprint density at radius 1 is 0.946 bits per heavy atom. The van der Waals surface area contributed by atoms with E-state index in [-0.39, 0.29) is 17.7 Å². The Kier molecular flexibility index (Phi) is 6.69. The van der Waals surface area contributed by atoms with Crippen molar-refractivity contribution in [2.24, 2.45) is 0 Å². The predicted octanol–water partition coefficient (Wildman–Crippen LogP) is 5.29. The van der Waals surface area contributed by atoms with E-state index in [2.05, 4.69) is 25.6 Å². The maximum Gasteiger partial charge on any atom is 0.255 e. The number of hydrogen-bond donors (Lipinski definition) is 3. The van der Waals surface area contributed by atoms with Crippen molar-refractivity contribution in [1.82, 2.24) is 20.3 Å². The summed E-state index contributed by atoms with van der Waals surface area (Å²) in [4.78, 5) is 27.3. The summed E-state index contributed by atoms with van der Waals surface area (Å²) < 4.78 is 40.5. The molecule has 0 radical (unpaired) electrons. The number of thiophene rings is 1. The van der Waals surface area contributed by atoms with E-state index in [4.69, 9.17) is 5.73 Å². The number of fused-ring (bicyclic) bond motifs is 1. The quantitative estimate of drug-likeness (QED) is 0.252. The van der Waals surface area contributed by atoms with Gasteiger partial charge in [0.2, 0.25) is 0 Å². The number of carbonyl (C=O) groups is 1. The van der Waals surface area contributed by atoms with Crippen molar-refractivity contribution in [2.75, 3.05) is 11.1 Å². The highest BCUT2D eigenvalue weighted by molar-refractivity contribution is 7.15. The van der Waals surface area contributed by atoms with Crippen molar-refractivity contribution < 1.29 is 18.0 Å². The first kappa shape index (κ1) is 24.2. The van der Waals surface area contributed by atoms with Gasteiger partial charge in [0.1, 0.15) is 18.0 Å². The number of nitrogens with one attached hydrogen (secondary N) is 2. The van der Waals surface area contributed by atoms with E-state index in [0.29, 0.717) is 18.2 Å². The van der Waals surface area contributed by atoms with Crippen LogP contribution in [0.25, 0.3) is 21.3 Å². The Labute approximate surface area is 213 Å². The summed E-state index contributed by atoms with van der Waals surface area (Å²) in [5, 5.41) is 6.45. The summed E-state index contributed by atoms with van der Waals surface area (Å²) >= 11 is 1.57. The lowest BCUT2D eigenvalue weighted by atomic mass is 10.1. The molecular weight excluding hydrogens is 501 g/mol. The molecule has 0 spiro atoms. The van der Waals surface area contributed by atoms with Gasteiger partial charge in [-0.25, -0.2) is 28.1 Å². The van der Waals surface area contributed by atoms with E-state index in [1.165, 1.54) is 12.5 Å². The SMILES string of the molecule is Nc1ncnc2ccc(-c3ccc(CNc4ncccc4C(=O)NCc4ccc(F)c(F)c4F)s3)cc12. The molecule has 0 saturated carbocycles. The highest BCUT2D eigenvalue weighted by atomic mass is 32.1. The molecule has 0 saturated heterocycles. The van der Waals surface area contributed by atoms with Crippen LogP contribution in [-0.4, -0.2) is 20.9 Å². The number of aromatic nitrogens is 3. The number of benzene rings is 2. The minimum Gasteiger partial charge on any atom is -0.383 e. The van der Waals surface area contributed by atoms with Gasteiger partial charge in [0.05, 0.1) is 17.6 Å². The van der Waals surface area contributed by atoms with Crippen LogP contribution >= 0.6 is 11.3 Å². The average Bonchev–Trinajstić information content (AvgIpc) is 3.39. The molecule has 0 unspecified atom stereocenters. The van der Waals surface area contributed by atoms with Crippen molar-refractivity contribution in [1.29, 1.82) is 0 Å². The number of carbonyl (C=O) groups excluding carboxylic acids is 1. The molecule has 0 aliphatic carbocycles. The lowest BCUT2D eigenvalue weighted by Crippen LogP contribution is -2.25. The van der Waals surface area contributed by atoms with E-state index in [0.717, 1.165) is 38.4 Å². The minimum atomic E-state index is -1.58. The molecule has 0 fully saturated rings. The first-order valence-corrected chi connectivity index (χ1v) is 11.9. The summed E-state index contributed by atoms with van der Waals surface area (Å²) in [7, 11) is 0. The Hall–Kier alpha value is -4.51. The molecule has 0 aliphatic heterocycles. The van der Waals surface area contributed by atoms with E-state index < -0.39 is 23.4 Å². The molecule has 3 aromatic heterocycles. The molecule has 5 rings (SSSR count). The normalized spacial score (nSPS) is 11.0. The Morgan fingerprint density at radius 3 is 2.68 bits per heavy atom. The number of pyridine rings is 1. The smallest absolute Gasteiger partial charge is 0.255 e. The first-order chi connectivity index (χ1) is 17.9. The van der Waals surface area contributed by atoms with Crippen LogP contribution in [0.3, 0.4) is 0 Å². The van der Waals surface area contributed by atoms with Crippen LogP contribution in [0.15, 0.2) is 67.1 Å². The number of rotatable bonds is 7. The number of nitrogens with zero attached hydrogens (tertiary/aromatic N) is 3. The van der Waals surface area contributed by atoms with Gasteiger partial charge >= 0.3 is 0 Å². The maximum atomic E-state index is 13.9. The highest BCUT2D eigenvalue weighted by Crippen LogP contribution is 2.31. The lowest BCUT2D eigenvalue weighted by molar-refractivity contribution is 0.0951. The fourth-order valence-electron chi connectivity index (χ4n) is 3.73. The summed E-state index contributed by atoms with van der Waals surface area (Å²) in [6, 6.07) is 14.8. The number of amides is 1. The standard InChI is InChI=1S/C26H19F3N6OS/c27-19-6-3-15(22(28)23(19)29)11-33-26(36)17-2-1-9-31-25(17)32-12-16-5-8-21(37-16)14-4-7-20-18(10-14)24(30)35-13-34-20/h1-10,13H,11-12H2,(H,31,32)(H,33,36)(H2,30,34,35). The fourth-order valence-corrected chi connectivity index (χ4v) is 4.68. The topological polar surface area (TPSA) is 106 Å². The van der Waals surface area contributed by atoms with Gasteiger partial charge in [0.25, 0.3) is 5.91 Å². The predicted molar refractivity (Wildman–Crippen MR) is 136 cm³/mol. The second-order valence-electron chi connectivity index (χ2n) is 8.03. The van der Waals surface area contributed by atoms with Gasteiger partial charge in [0.15, 0.2) is 17.5 Å². The first-order valence-electron chi connectivity index (χ1n) is 11.1. The van der Waals surface area contributed by atoms with Gasteiger partial charge in [-0.3, -0.25) is 4.79 Å². The molecule has 4 N–H and O–H groups in total. The zero-order chi connectivity index (χ0) is 25.9. The molecular formula is C26H19F3N6OS. The molecule has 1 amide bonds. The fraction of sp³-hybridized carbons (Fsp3) is 0.0769. The maximum absolute atomic E-state index is 13.9. The summed E-state index contributed by atoms with van der Waals surface area (Å²) in [5.41, 5.74) is 7.79. The largest absolute Gasteiger partial charge is 0.383 e. The minimum absolute atomic E-state index is 0.168. The molecule has 0 aliphatic rings. The van der Waals surface area contributed by atoms with Crippen molar-refractivity contribution in [3.63, 3.8) is 0 Å². The molecule has 0 atom stereocenters. The van der Waals surface area contributed by atoms with Crippen LogP contribution in [-0.2, 0) is 13.1 Å². The van der Waals surface area contributed by atoms with Crippen molar-refractivity contribution in [3.8, 4) is 10.4 Å². The summed E-state index contributed by atoms with van der Waals surface area (Å²) in [6.45, 7) is 0.0877. The molecule has 3 heterocycles. The molecule has 7 nitrogen and oxygen atoms in total. The Bertz CT molecular complexity index is 1620. The van der Waals surface area contributed by atoms with Gasteiger partial charge in [0, 0.05) is 33.4 Å². The van der Waals surface area contributed by atoms with Crippen LogP contribution in [0.2, 0.25) is 0 Å². The van der Waals surface area contributed by atoms with Crippen LogP contribution in [0.4, 0.5) is 24.8 Å². The van der Waals surface area contributed by atoms with Crippen molar-refractivity contribution in [3.05, 3.63) is 101 Å². The number of hydrogen-bond acceptors (Lipinski definition) is 7. The van der Waals surface area contributed by atoms with Gasteiger partial charge in [-0.1, -0.05) is 12.1 Å². The van der Waals surface area contributed by atoms with Crippen LogP contribution in [0.5, 0.6) is 0 Å². The molecule has 5 aromatic rings. The molecule has 11 heteroatoms. The van der Waals surface area contributed by atoms with E-state index in [9.17, 15) is 18.0 Å². The van der Waals surface area contributed by atoms with Crippen molar-refractivity contribution >= 4 is 39.8 Å². The highest BCUT2D eigenvalue weighted by Gasteiger charge is 2.16. The van der Waals surface area contributed by atoms with E-state index >= 15 is 0 Å². The van der Waals surface area contributed by atoms with E-state index in [1.807, 2.05) is 30.3 Å². The third-order valence-electron chi connectivity index (χ3n) is 5.65. The average molecular weight is 521 g/mol. The second-order valence-corrected chi connectivity index (χ2v) is 9.20. The molecule has 186 valence electrons. The molecule has 0 bridgehead atoms. The zero-order valence-electron chi connectivity index (χ0n) is 19.1. The van der Waals surface area contributed by atoms with Gasteiger partial charge in [-0.15, -0.1) is 11.3 Å². The molecule has 2 aromatic carbocycles. The zero-order valence-corrected chi connectivity index (χ0v) is 20.0. The van der Waals surface area contributed by atoms with Gasteiger partial charge in [-0.05, 0) is 48.0 Å². The Morgan fingerprint density at radius 2 is 1.81 bits per heavy atom. The van der Waals surface area contributed by atoms with Gasteiger partial charge in [-0.2, -0.15) is 0 Å². The molecule has 37 heavy (non-hydrogen) atoms.